The Morgan fingerprint density at radius 1 is 0.955 bits per heavy atom. The molecule has 5 heteroatoms. The molecule has 0 radical (unpaired) electrons. The van der Waals surface area contributed by atoms with E-state index in [0.717, 1.165) is 24.8 Å². The highest BCUT2D eigenvalue weighted by atomic mass is 35.5. The van der Waals surface area contributed by atoms with Crippen LogP contribution in [0, 0.1) is 0 Å². The fraction of sp³-hybridized carbons (Fsp3) is 0.235. The third-order valence-corrected chi connectivity index (χ3v) is 4.72. The van der Waals surface area contributed by atoms with Gasteiger partial charge in [0, 0.05) is 0 Å². The Balaban J connectivity index is 1.76. The van der Waals surface area contributed by atoms with Gasteiger partial charge in [-0.3, -0.25) is 0 Å². The molecule has 3 nitrogen and oxygen atoms in total. The highest BCUT2D eigenvalue weighted by Gasteiger charge is 2.40. The summed E-state index contributed by atoms with van der Waals surface area (Å²) >= 11 is 12.2. The molecule has 2 N–H and O–H groups in total. The second kappa shape index (κ2) is 6.19. The van der Waals surface area contributed by atoms with Crippen molar-refractivity contribution in [3.05, 3.63) is 64.1 Å². The predicted octanol–water partition coefficient (Wildman–Crippen LogP) is 5.19. The largest absolute Gasteiger partial charge is 0.328 e. The van der Waals surface area contributed by atoms with Crippen LogP contribution in [0.4, 0.5) is 10.5 Å². The zero-order valence-corrected chi connectivity index (χ0v) is 13.4. The second-order valence-corrected chi connectivity index (χ2v) is 6.29. The van der Waals surface area contributed by atoms with Crippen LogP contribution in [0.5, 0.6) is 0 Å². The van der Waals surface area contributed by atoms with Crippen LogP contribution < -0.4 is 10.6 Å². The first-order valence-electron chi connectivity index (χ1n) is 7.19. The molecule has 0 bridgehead atoms. The van der Waals surface area contributed by atoms with Gasteiger partial charge in [0.2, 0.25) is 0 Å². The van der Waals surface area contributed by atoms with Gasteiger partial charge in [-0.2, -0.15) is 0 Å². The number of hydrogen-bond donors (Lipinski definition) is 2. The van der Waals surface area contributed by atoms with Gasteiger partial charge in [-0.15, -0.1) is 0 Å². The number of anilines is 1. The summed E-state index contributed by atoms with van der Waals surface area (Å²) in [6, 6.07) is 14.9. The summed E-state index contributed by atoms with van der Waals surface area (Å²) in [7, 11) is 0. The summed E-state index contributed by atoms with van der Waals surface area (Å²) in [5, 5.41) is 6.68. The average molecular weight is 335 g/mol. The molecule has 0 spiro atoms. The maximum atomic E-state index is 12.4. The molecule has 114 valence electrons. The number of rotatable bonds is 3. The lowest BCUT2D eigenvalue weighted by Gasteiger charge is -2.43. The molecule has 1 saturated carbocycles. The Morgan fingerprint density at radius 2 is 1.59 bits per heavy atom. The van der Waals surface area contributed by atoms with Crippen LogP contribution in [0.25, 0.3) is 0 Å². The van der Waals surface area contributed by atoms with Crippen LogP contribution in [0.1, 0.15) is 24.8 Å². The predicted molar refractivity (Wildman–Crippen MR) is 90.6 cm³/mol. The number of nitrogens with one attached hydrogen (secondary N) is 2. The summed E-state index contributed by atoms with van der Waals surface area (Å²) in [6.07, 6.45) is 2.96. The molecule has 0 heterocycles. The molecular weight excluding hydrogens is 319 g/mol. The van der Waals surface area contributed by atoms with Crippen LogP contribution >= 0.6 is 23.2 Å². The number of benzene rings is 2. The minimum absolute atomic E-state index is 0.293. The normalized spacial score (nSPS) is 15.7. The van der Waals surface area contributed by atoms with Crippen molar-refractivity contribution in [1.29, 1.82) is 0 Å². The minimum Gasteiger partial charge on any atom is -0.328 e. The standard InChI is InChI=1S/C17H16Cl2N2O/c18-13-8-4-9-14(19)15(13)20-16(22)21-17(10-5-11-17)12-6-2-1-3-7-12/h1-4,6-9H,5,10-11H2,(H2,20,21,22). The van der Waals surface area contributed by atoms with Crippen molar-refractivity contribution in [3.63, 3.8) is 0 Å². The fourth-order valence-corrected chi connectivity index (χ4v) is 3.24. The van der Waals surface area contributed by atoms with Crippen molar-refractivity contribution in [2.45, 2.75) is 24.8 Å². The SMILES string of the molecule is O=C(Nc1c(Cl)cccc1Cl)NC1(c2ccccc2)CCC1. The lowest BCUT2D eigenvalue weighted by Crippen LogP contribution is -2.52. The number of carbonyl (C=O) groups excluding carboxylic acids is 1. The van der Waals surface area contributed by atoms with Gasteiger partial charge < -0.3 is 10.6 Å². The van der Waals surface area contributed by atoms with E-state index in [4.69, 9.17) is 23.2 Å². The molecule has 0 atom stereocenters. The van der Waals surface area contributed by atoms with E-state index in [1.165, 1.54) is 0 Å². The van der Waals surface area contributed by atoms with Gasteiger partial charge >= 0.3 is 6.03 Å². The number of carbonyl (C=O) groups is 1. The van der Waals surface area contributed by atoms with Gasteiger partial charge in [0.1, 0.15) is 0 Å². The summed E-state index contributed by atoms with van der Waals surface area (Å²) in [5.41, 5.74) is 1.27. The Morgan fingerprint density at radius 3 is 2.14 bits per heavy atom. The van der Waals surface area contributed by atoms with Gasteiger partial charge in [-0.25, -0.2) is 4.79 Å². The number of para-hydroxylation sites is 1. The quantitative estimate of drug-likeness (QED) is 0.796. The summed E-state index contributed by atoms with van der Waals surface area (Å²) in [5.74, 6) is 0. The molecule has 1 fully saturated rings. The van der Waals surface area contributed by atoms with E-state index in [1.54, 1.807) is 18.2 Å². The molecule has 2 aromatic carbocycles. The summed E-state index contributed by atoms with van der Waals surface area (Å²) in [6.45, 7) is 0. The highest BCUT2D eigenvalue weighted by molar-refractivity contribution is 6.39. The molecule has 1 aliphatic carbocycles. The van der Waals surface area contributed by atoms with E-state index < -0.39 is 0 Å². The first-order chi connectivity index (χ1) is 10.6. The highest BCUT2D eigenvalue weighted by Crippen LogP contribution is 2.41. The third kappa shape index (κ3) is 2.92. The summed E-state index contributed by atoms with van der Waals surface area (Å²) in [4.78, 5) is 12.4. The van der Waals surface area contributed by atoms with E-state index in [1.807, 2.05) is 30.3 Å². The monoisotopic (exact) mass is 334 g/mol. The first kappa shape index (κ1) is 15.2. The molecule has 22 heavy (non-hydrogen) atoms. The molecule has 0 unspecified atom stereocenters. The zero-order chi connectivity index (χ0) is 15.6. The molecule has 3 rings (SSSR count). The third-order valence-electron chi connectivity index (χ3n) is 4.09. The lowest BCUT2D eigenvalue weighted by molar-refractivity contribution is 0.185. The molecule has 0 saturated heterocycles. The Kier molecular flexibility index (Phi) is 4.27. The molecule has 0 aromatic heterocycles. The van der Waals surface area contributed by atoms with Crippen molar-refractivity contribution in [3.8, 4) is 0 Å². The van der Waals surface area contributed by atoms with Crippen molar-refractivity contribution in [1.82, 2.24) is 5.32 Å². The minimum atomic E-state index is -0.293. The van der Waals surface area contributed by atoms with Crippen LogP contribution in [0.2, 0.25) is 10.0 Å². The van der Waals surface area contributed by atoms with E-state index in [-0.39, 0.29) is 11.6 Å². The van der Waals surface area contributed by atoms with Crippen molar-refractivity contribution in [2.24, 2.45) is 0 Å². The fourth-order valence-electron chi connectivity index (χ4n) is 2.75. The smallest absolute Gasteiger partial charge is 0.320 e. The van der Waals surface area contributed by atoms with Gasteiger partial charge in [0.15, 0.2) is 0 Å². The van der Waals surface area contributed by atoms with Crippen molar-refractivity contribution < 1.29 is 4.79 Å². The zero-order valence-electron chi connectivity index (χ0n) is 11.9. The van der Waals surface area contributed by atoms with Crippen LogP contribution in [-0.4, -0.2) is 6.03 Å². The second-order valence-electron chi connectivity index (χ2n) is 5.48. The van der Waals surface area contributed by atoms with Gasteiger partial charge in [-0.05, 0) is 37.0 Å². The number of halogens is 2. The molecule has 0 aliphatic heterocycles. The van der Waals surface area contributed by atoms with Crippen LogP contribution in [0.15, 0.2) is 48.5 Å². The van der Waals surface area contributed by atoms with E-state index >= 15 is 0 Å². The first-order valence-corrected chi connectivity index (χ1v) is 7.95. The van der Waals surface area contributed by atoms with Gasteiger partial charge in [0.05, 0.1) is 21.3 Å². The van der Waals surface area contributed by atoms with Crippen LogP contribution in [0.3, 0.4) is 0 Å². The number of hydrogen-bond acceptors (Lipinski definition) is 1. The van der Waals surface area contributed by atoms with Gasteiger partial charge in [-0.1, -0.05) is 59.6 Å². The van der Waals surface area contributed by atoms with E-state index in [2.05, 4.69) is 10.6 Å². The average Bonchev–Trinajstić information content (AvgIpc) is 2.48. The van der Waals surface area contributed by atoms with E-state index in [9.17, 15) is 4.79 Å². The number of urea groups is 1. The van der Waals surface area contributed by atoms with Gasteiger partial charge in [0.25, 0.3) is 0 Å². The number of amides is 2. The van der Waals surface area contributed by atoms with Crippen molar-refractivity contribution >= 4 is 34.9 Å². The molecule has 2 amide bonds. The maximum absolute atomic E-state index is 12.4. The Labute approximate surface area is 139 Å². The molecule has 2 aromatic rings. The van der Waals surface area contributed by atoms with E-state index in [0.29, 0.717) is 15.7 Å². The van der Waals surface area contributed by atoms with Crippen molar-refractivity contribution in [2.75, 3.05) is 5.32 Å². The topological polar surface area (TPSA) is 41.1 Å². The molecule has 1 aliphatic rings. The Bertz CT molecular complexity index is 664. The lowest BCUT2D eigenvalue weighted by atomic mass is 9.72. The Hall–Kier alpha value is -1.71. The maximum Gasteiger partial charge on any atom is 0.320 e. The summed E-state index contributed by atoms with van der Waals surface area (Å²) < 4.78 is 0. The van der Waals surface area contributed by atoms with Crippen LogP contribution in [-0.2, 0) is 5.54 Å². The molecular formula is C17H16Cl2N2O.